The number of likely N-dealkylation sites (N-methyl/N-ethyl adjacent to an activating group) is 2. The van der Waals surface area contributed by atoms with Crippen molar-refractivity contribution in [2.75, 3.05) is 39.6 Å². The quantitative estimate of drug-likeness (QED) is 0.644. The Bertz CT molecular complexity index is 893. The van der Waals surface area contributed by atoms with Gasteiger partial charge in [-0.2, -0.15) is 0 Å². The molecule has 0 saturated carbocycles. The molecule has 2 N–H and O–H groups in total. The van der Waals surface area contributed by atoms with Crippen LogP contribution in [-0.2, 0) is 16.1 Å². The molecule has 0 aliphatic rings. The van der Waals surface area contributed by atoms with Crippen molar-refractivity contribution in [1.29, 1.82) is 0 Å². The molecule has 0 fully saturated rings. The number of ether oxygens (including phenoxy) is 1. The van der Waals surface area contributed by atoms with Crippen molar-refractivity contribution in [3.8, 4) is 5.75 Å². The highest BCUT2D eigenvalue weighted by atomic mass is 19.2. The molecule has 0 radical (unpaired) electrons. The first-order valence-electron chi connectivity index (χ1n) is 8.83. The van der Waals surface area contributed by atoms with Crippen LogP contribution < -0.4 is 15.0 Å². The zero-order valence-electron chi connectivity index (χ0n) is 16.4. The van der Waals surface area contributed by atoms with E-state index in [1.165, 1.54) is 4.90 Å². The summed E-state index contributed by atoms with van der Waals surface area (Å²) >= 11 is 0. The van der Waals surface area contributed by atoms with Crippen LogP contribution in [0.15, 0.2) is 36.4 Å². The van der Waals surface area contributed by atoms with Crippen LogP contribution in [-0.4, -0.2) is 51.0 Å². The van der Waals surface area contributed by atoms with Crippen LogP contribution in [0.5, 0.6) is 5.75 Å². The van der Waals surface area contributed by atoms with E-state index in [1.807, 2.05) is 18.2 Å². The molecule has 0 aliphatic heterocycles. The van der Waals surface area contributed by atoms with Gasteiger partial charge in [0.1, 0.15) is 5.75 Å². The Morgan fingerprint density at radius 3 is 2.45 bits per heavy atom. The number of carbonyl (C=O) groups excluding carboxylic acids is 2. The first-order valence-corrected chi connectivity index (χ1v) is 8.83. The van der Waals surface area contributed by atoms with Crippen LogP contribution >= 0.6 is 0 Å². The second-order valence-corrected chi connectivity index (χ2v) is 6.64. The third-order valence-corrected chi connectivity index (χ3v) is 4.25. The molecule has 1 atom stereocenters. The lowest BCUT2D eigenvalue weighted by atomic mass is 10.2. The Labute approximate surface area is 166 Å². The molecule has 9 heteroatoms. The van der Waals surface area contributed by atoms with Gasteiger partial charge in [-0.15, -0.1) is 0 Å². The van der Waals surface area contributed by atoms with Gasteiger partial charge in [-0.25, -0.2) is 13.2 Å². The molecule has 2 aromatic carbocycles. The van der Waals surface area contributed by atoms with E-state index in [0.717, 1.165) is 17.7 Å². The Hall–Kier alpha value is -3.07. The SMILES string of the molecule is COc1ccccc1CN(C)C(=O)C[NH+](C)CC(=O)Nc1ccc(F)c(F)c1F. The molecule has 1 unspecified atom stereocenters. The summed E-state index contributed by atoms with van der Waals surface area (Å²) in [5.74, 6) is -4.64. The fourth-order valence-electron chi connectivity index (χ4n) is 2.72. The topological polar surface area (TPSA) is 63.1 Å². The number of hydrogen-bond donors (Lipinski definition) is 2. The maximum atomic E-state index is 13.6. The summed E-state index contributed by atoms with van der Waals surface area (Å²) in [7, 11) is 4.81. The van der Waals surface area contributed by atoms with Crippen molar-refractivity contribution in [3.05, 3.63) is 59.4 Å². The number of rotatable bonds is 8. The van der Waals surface area contributed by atoms with Gasteiger partial charge in [-0.1, -0.05) is 18.2 Å². The van der Waals surface area contributed by atoms with Gasteiger partial charge in [0.15, 0.2) is 30.5 Å². The number of hydrogen-bond acceptors (Lipinski definition) is 3. The van der Waals surface area contributed by atoms with Gasteiger partial charge in [0.2, 0.25) is 0 Å². The number of benzene rings is 2. The Balaban J connectivity index is 1.89. The van der Waals surface area contributed by atoms with Crippen LogP contribution in [0.4, 0.5) is 18.9 Å². The molecule has 0 aromatic heterocycles. The predicted octanol–water partition coefficient (Wildman–Crippen LogP) is 1.22. The maximum Gasteiger partial charge on any atom is 0.279 e. The summed E-state index contributed by atoms with van der Waals surface area (Å²) in [5.41, 5.74) is 0.386. The van der Waals surface area contributed by atoms with Crippen molar-refractivity contribution >= 4 is 17.5 Å². The molecule has 0 heterocycles. The average Bonchev–Trinajstić information content (AvgIpc) is 2.68. The molecule has 2 rings (SSSR count). The van der Waals surface area contributed by atoms with E-state index in [4.69, 9.17) is 4.74 Å². The smallest absolute Gasteiger partial charge is 0.279 e. The number of nitrogens with zero attached hydrogens (tertiary/aromatic N) is 1. The van der Waals surface area contributed by atoms with Crippen LogP contribution in [0.3, 0.4) is 0 Å². The summed E-state index contributed by atoms with van der Waals surface area (Å²) in [4.78, 5) is 26.5. The predicted molar refractivity (Wildman–Crippen MR) is 101 cm³/mol. The lowest BCUT2D eigenvalue weighted by molar-refractivity contribution is -0.862. The van der Waals surface area contributed by atoms with Gasteiger partial charge in [0.25, 0.3) is 11.8 Å². The van der Waals surface area contributed by atoms with Crippen LogP contribution in [0.25, 0.3) is 0 Å². The van der Waals surface area contributed by atoms with Crippen LogP contribution in [0.2, 0.25) is 0 Å². The fraction of sp³-hybridized carbons (Fsp3) is 0.300. The highest BCUT2D eigenvalue weighted by molar-refractivity contribution is 5.91. The van der Waals surface area contributed by atoms with E-state index in [1.54, 1.807) is 27.3 Å². The zero-order chi connectivity index (χ0) is 21.6. The Morgan fingerprint density at radius 1 is 1.07 bits per heavy atom. The summed E-state index contributed by atoms with van der Waals surface area (Å²) < 4.78 is 45.1. The molecular weight excluding hydrogens is 387 g/mol. The van der Waals surface area contributed by atoms with Crippen molar-refractivity contribution in [2.24, 2.45) is 0 Å². The molecule has 2 aromatic rings. The van der Waals surface area contributed by atoms with Gasteiger partial charge in [0, 0.05) is 19.2 Å². The summed E-state index contributed by atoms with van der Waals surface area (Å²) in [6.45, 7) is 0.189. The van der Waals surface area contributed by atoms with Crippen LogP contribution in [0, 0.1) is 17.5 Å². The zero-order valence-corrected chi connectivity index (χ0v) is 16.4. The Kier molecular flexibility index (Phi) is 7.60. The van der Waals surface area contributed by atoms with Crippen molar-refractivity contribution in [2.45, 2.75) is 6.54 Å². The van der Waals surface area contributed by atoms with E-state index in [-0.39, 0.29) is 19.0 Å². The third-order valence-electron chi connectivity index (χ3n) is 4.25. The van der Waals surface area contributed by atoms with Gasteiger partial charge in [-0.3, -0.25) is 9.59 Å². The van der Waals surface area contributed by atoms with E-state index in [0.29, 0.717) is 17.2 Å². The first kappa shape index (κ1) is 22.2. The highest BCUT2D eigenvalue weighted by Gasteiger charge is 2.20. The molecule has 0 saturated heterocycles. The standard InChI is InChI=1S/C20H22F3N3O3/c1-25(11-17(27)24-15-9-8-14(21)19(22)20(15)23)12-18(28)26(2)10-13-6-4-5-7-16(13)29-3/h4-9H,10-12H2,1-3H3,(H,24,27)/p+1. The molecular formula is C20H23F3N3O3+. The van der Waals surface area contributed by atoms with Crippen LogP contribution in [0.1, 0.15) is 5.56 Å². The Morgan fingerprint density at radius 2 is 1.76 bits per heavy atom. The second kappa shape index (κ2) is 9.92. The van der Waals surface area contributed by atoms with Crippen molar-refractivity contribution in [1.82, 2.24) is 4.90 Å². The number of methoxy groups -OCH3 is 1. The lowest BCUT2D eigenvalue weighted by Gasteiger charge is -2.21. The summed E-state index contributed by atoms with van der Waals surface area (Å²) in [5, 5.41) is 2.18. The van der Waals surface area contributed by atoms with E-state index in [9.17, 15) is 22.8 Å². The van der Waals surface area contributed by atoms with Gasteiger partial charge in [-0.05, 0) is 18.2 Å². The largest absolute Gasteiger partial charge is 0.496 e. The van der Waals surface area contributed by atoms with E-state index >= 15 is 0 Å². The number of nitrogens with one attached hydrogen (secondary N) is 2. The second-order valence-electron chi connectivity index (χ2n) is 6.64. The number of quaternary nitrogens is 1. The number of halogens is 3. The molecule has 2 amide bonds. The normalized spacial score (nSPS) is 11.7. The molecule has 6 nitrogen and oxygen atoms in total. The number of amides is 2. The van der Waals surface area contributed by atoms with Crippen molar-refractivity contribution < 1.29 is 32.4 Å². The summed E-state index contributed by atoms with van der Waals surface area (Å²) in [6, 6.07) is 8.98. The number of para-hydroxylation sites is 1. The fourth-order valence-corrected chi connectivity index (χ4v) is 2.72. The molecule has 29 heavy (non-hydrogen) atoms. The van der Waals surface area contributed by atoms with E-state index in [2.05, 4.69) is 5.32 Å². The van der Waals surface area contributed by atoms with Gasteiger partial charge >= 0.3 is 0 Å². The lowest BCUT2D eigenvalue weighted by Crippen LogP contribution is -3.11. The average molecular weight is 410 g/mol. The number of anilines is 1. The van der Waals surface area contributed by atoms with Gasteiger partial charge < -0.3 is 19.9 Å². The van der Waals surface area contributed by atoms with E-state index < -0.39 is 29.0 Å². The third kappa shape index (κ3) is 5.95. The van der Waals surface area contributed by atoms with Gasteiger partial charge in [0.05, 0.1) is 19.8 Å². The first-order chi connectivity index (χ1) is 13.7. The van der Waals surface area contributed by atoms with Crippen molar-refractivity contribution in [3.63, 3.8) is 0 Å². The maximum absolute atomic E-state index is 13.6. The minimum Gasteiger partial charge on any atom is -0.496 e. The number of carbonyl (C=O) groups is 2. The molecule has 156 valence electrons. The highest BCUT2D eigenvalue weighted by Crippen LogP contribution is 2.19. The monoisotopic (exact) mass is 410 g/mol. The summed E-state index contributed by atoms with van der Waals surface area (Å²) in [6.07, 6.45) is 0. The molecule has 0 aliphatic carbocycles. The minimum atomic E-state index is -1.66. The molecule has 0 bridgehead atoms. The minimum absolute atomic E-state index is 0.0132. The molecule has 0 spiro atoms.